The summed E-state index contributed by atoms with van der Waals surface area (Å²) in [4.78, 5) is 2.32. The molecular weight excluding hydrogens is 270 g/mol. The highest BCUT2D eigenvalue weighted by atomic mass is 32.2. The molecule has 0 aliphatic carbocycles. The van der Waals surface area contributed by atoms with Crippen LogP contribution in [0.15, 0.2) is 4.90 Å². The van der Waals surface area contributed by atoms with Crippen molar-refractivity contribution >= 4 is 32.2 Å². The van der Waals surface area contributed by atoms with Gasteiger partial charge in [-0.3, -0.25) is 0 Å². The van der Waals surface area contributed by atoms with Crippen LogP contribution in [0, 0.1) is 5.92 Å². The molecule has 0 aromatic carbocycles. The maximum absolute atomic E-state index is 11.8. The van der Waals surface area contributed by atoms with Gasteiger partial charge in [0.1, 0.15) is 9.90 Å². The molecule has 1 saturated heterocycles. The van der Waals surface area contributed by atoms with Gasteiger partial charge in [-0.2, -0.15) is 4.37 Å². The number of rotatable bonds is 3. The second-order valence-electron chi connectivity index (χ2n) is 4.81. The lowest BCUT2D eigenvalue weighted by molar-refractivity contribution is 0.395. The van der Waals surface area contributed by atoms with Crippen LogP contribution in [0.4, 0.5) is 10.8 Å². The van der Waals surface area contributed by atoms with E-state index in [0.29, 0.717) is 5.00 Å². The molecule has 18 heavy (non-hydrogen) atoms. The smallest absolute Gasteiger partial charge is 0.182 e. The number of hydrogen-bond donors (Lipinski definition) is 1. The molecule has 2 rings (SSSR count). The van der Waals surface area contributed by atoms with Crippen molar-refractivity contribution in [2.24, 2.45) is 5.92 Å². The van der Waals surface area contributed by atoms with Crippen molar-refractivity contribution in [2.75, 3.05) is 30.0 Å². The van der Waals surface area contributed by atoms with Crippen LogP contribution in [0.5, 0.6) is 0 Å². The molecule has 0 unspecified atom stereocenters. The minimum absolute atomic E-state index is 0.134. The van der Waals surface area contributed by atoms with Gasteiger partial charge in [0.15, 0.2) is 15.7 Å². The summed E-state index contributed by atoms with van der Waals surface area (Å²) < 4.78 is 27.5. The Labute approximate surface area is 112 Å². The van der Waals surface area contributed by atoms with E-state index in [2.05, 4.69) is 16.2 Å². The first-order valence-electron chi connectivity index (χ1n) is 6.13. The van der Waals surface area contributed by atoms with Crippen molar-refractivity contribution in [1.29, 1.82) is 0 Å². The van der Waals surface area contributed by atoms with E-state index in [-0.39, 0.29) is 10.7 Å². The zero-order valence-corrected chi connectivity index (χ0v) is 12.4. The monoisotopic (exact) mass is 289 g/mol. The molecule has 0 saturated carbocycles. The van der Waals surface area contributed by atoms with Crippen molar-refractivity contribution in [3.05, 3.63) is 0 Å². The molecule has 0 atom stereocenters. The summed E-state index contributed by atoms with van der Waals surface area (Å²) in [5.74, 6) is 0.892. The van der Waals surface area contributed by atoms with E-state index in [0.717, 1.165) is 31.8 Å². The number of nitrogen functional groups attached to an aromatic ring is 1. The van der Waals surface area contributed by atoms with Crippen LogP contribution in [0.3, 0.4) is 0 Å². The van der Waals surface area contributed by atoms with Crippen LogP contribution in [0.25, 0.3) is 0 Å². The van der Waals surface area contributed by atoms with Crippen LogP contribution >= 0.6 is 11.5 Å². The molecular formula is C11H19N3O2S2. The van der Waals surface area contributed by atoms with E-state index in [1.807, 2.05) is 0 Å². The maximum atomic E-state index is 11.8. The average Bonchev–Trinajstić information content (AvgIpc) is 2.71. The molecule has 0 amide bonds. The van der Waals surface area contributed by atoms with Gasteiger partial charge >= 0.3 is 0 Å². The molecule has 1 aliphatic rings. The molecule has 1 aliphatic heterocycles. The quantitative estimate of drug-likeness (QED) is 0.917. The fourth-order valence-electron chi connectivity index (χ4n) is 2.38. The lowest BCUT2D eigenvalue weighted by atomic mass is 9.95. The van der Waals surface area contributed by atoms with Crippen LogP contribution in [0.2, 0.25) is 0 Å². The van der Waals surface area contributed by atoms with E-state index >= 15 is 0 Å². The third-order valence-corrected chi connectivity index (χ3v) is 5.70. The van der Waals surface area contributed by atoms with Crippen molar-refractivity contribution in [3.8, 4) is 0 Å². The largest absolute Gasteiger partial charge is 0.382 e. The van der Waals surface area contributed by atoms with Gasteiger partial charge in [-0.25, -0.2) is 8.42 Å². The van der Waals surface area contributed by atoms with Gasteiger partial charge in [0, 0.05) is 19.3 Å². The van der Waals surface area contributed by atoms with Gasteiger partial charge in [-0.1, -0.05) is 13.3 Å². The molecule has 1 fully saturated rings. The molecule has 1 aromatic heterocycles. The van der Waals surface area contributed by atoms with E-state index in [1.165, 1.54) is 24.2 Å². The molecule has 2 N–H and O–H groups in total. The van der Waals surface area contributed by atoms with Gasteiger partial charge < -0.3 is 10.6 Å². The molecule has 1 aromatic rings. The van der Waals surface area contributed by atoms with Crippen LogP contribution < -0.4 is 10.6 Å². The molecule has 0 radical (unpaired) electrons. The lowest BCUT2D eigenvalue weighted by Gasteiger charge is -2.32. The maximum Gasteiger partial charge on any atom is 0.182 e. The van der Waals surface area contributed by atoms with Crippen molar-refractivity contribution in [1.82, 2.24) is 4.37 Å². The van der Waals surface area contributed by atoms with Gasteiger partial charge in [-0.05, 0) is 30.3 Å². The second kappa shape index (κ2) is 5.05. The fraction of sp³-hybridized carbons (Fsp3) is 0.727. The normalized spacial score (nSPS) is 18.2. The minimum Gasteiger partial charge on any atom is -0.382 e. The second-order valence-corrected chi connectivity index (χ2v) is 7.52. The van der Waals surface area contributed by atoms with Crippen molar-refractivity contribution < 1.29 is 8.42 Å². The molecule has 7 heteroatoms. The van der Waals surface area contributed by atoms with E-state index in [4.69, 9.17) is 5.73 Å². The highest BCUT2D eigenvalue weighted by molar-refractivity contribution is 7.91. The highest BCUT2D eigenvalue weighted by Gasteiger charge is 2.27. The summed E-state index contributed by atoms with van der Waals surface area (Å²) in [6.07, 6.45) is 4.60. The first-order chi connectivity index (χ1) is 8.43. The van der Waals surface area contributed by atoms with Crippen LogP contribution in [-0.2, 0) is 9.84 Å². The summed E-state index contributed by atoms with van der Waals surface area (Å²) >= 11 is 1.19. The fourth-order valence-corrected chi connectivity index (χ4v) is 4.64. The molecule has 102 valence electrons. The predicted molar refractivity (Wildman–Crippen MR) is 74.9 cm³/mol. The van der Waals surface area contributed by atoms with Gasteiger partial charge in [0.2, 0.25) is 0 Å². The average molecular weight is 289 g/mol. The zero-order valence-electron chi connectivity index (χ0n) is 10.7. The van der Waals surface area contributed by atoms with Crippen molar-refractivity contribution in [3.63, 3.8) is 0 Å². The highest BCUT2D eigenvalue weighted by Crippen LogP contribution is 2.36. The first kappa shape index (κ1) is 13.6. The Bertz CT molecular complexity index is 516. The number of piperidine rings is 1. The number of nitrogens with zero attached hydrogens (tertiary/aromatic N) is 2. The Hall–Kier alpha value is -0.820. The number of nitrogens with two attached hydrogens (primary N) is 1. The van der Waals surface area contributed by atoms with Crippen LogP contribution in [0.1, 0.15) is 26.2 Å². The van der Waals surface area contributed by atoms with E-state index in [9.17, 15) is 8.42 Å². The summed E-state index contributed by atoms with van der Waals surface area (Å²) in [5.41, 5.74) is 5.68. The Morgan fingerprint density at radius 2 is 2.06 bits per heavy atom. The summed E-state index contributed by atoms with van der Waals surface area (Å²) in [7, 11) is -3.31. The minimum atomic E-state index is -3.31. The zero-order chi connectivity index (χ0) is 13.3. The Morgan fingerprint density at radius 1 is 1.44 bits per heavy atom. The van der Waals surface area contributed by atoms with Crippen LogP contribution in [-0.4, -0.2) is 32.1 Å². The molecule has 5 nitrogen and oxygen atoms in total. The lowest BCUT2D eigenvalue weighted by Crippen LogP contribution is -2.33. The number of sulfone groups is 1. The van der Waals surface area contributed by atoms with Crippen molar-refractivity contribution in [2.45, 2.75) is 31.1 Å². The molecule has 0 bridgehead atoms. The number of anilines is 2. The van der Waals surface area contributed by atoms with Gasteiger partial charge in [-0.15, -0.1) is 0 Å². The summed E-state index contributed by atoms with van der Waals surface area (Å²) in [6, 6.07) is 0. The predicted octanol–water partition coefficient (Wildman–Crippen LogP) is 1.76. The topological polar surface area (TPSA) is 76.3 Å². The summed E-state index contributed by atoms with van der Waals surface area (Å²) in [5, 5.41) is 0.713. The van der Waals surface area contributed by atoms with E-state index in [1.54, 1.807) is 0 Å². The Balaban J connectivity index is 2.25. The van der Waals surface area contributed by atoms with Gasteiger partial charge in [0.25, 0.3) is 0 Å². The first-order valence-corrected chi connectivity index (χ1v) is 8.80. The third kappa shape index (κ3) is 2.61. The number of aromatic nitrogens is 1. The summed E-state index contributed by atoms with van der Waals surface area (Å²) in [6.45, 7) is 3.98. The standard InChI is InChI=1S/C11H19N3O2S2/c1-3-8-4-6-14(7-5-8)11-9(18(2,15)16)10(12)13-17-11/h8H,3-7H2,1-2H3,(H2,12,13). The van der Waals surface area contributed by atoms with E-state index < -0.39 is 9.84 Å². The Kier molecular flexibility index (Phi) is 3.82. The SMILES string of the molecule is CCC1CCN(c2snc(N)c2S(C)(=O)=O)CC1. The molecule has 0 spiro atoms. The van der Waals surface area contributed by atoms with Gasteiger partial charge in [0.05, 0.1) is 0 Å². The Morgan fingerprint density at radius 3 is 2.56 bits per heavy atom. The molecule has 2 heterocycles. The number of hydrogen-bond acceptors (Lipinski definition) is 6. The third-order valence-electron chi connectivity index (χ3n) is 3.51.